The van der Waals surface area contributed by atoms with E-state index in [-0.39, 0.29) is 18.4 Å². The van der Waals surface area contributed by atoms with Crippen molar-refractivity contribution in [1.29, 1.82) is 0 Å². The summed E-state index contributed by atoms with van der Waals surface area (Å²) in [7, 11) is 1.61. The molecule has 9 heteroatoms. The van der Waals surface area contributed by atoms with Gasteiger partial charge >= 0.3 is 6.18 Å². The van der Waals surface area contributed by atoms with E-state index in [9.17, 15) is 18.0 Å². The number of hydrogen-bond acceptors (Lipinski definition) is 4. The summed E-state index contributed by atoms with van der Waals surface area (Å²) in [6.07, 6.45) is -4.19. The van der Waals surface area contributed by atoms with Crippen LogP contribution in [0.1, 0.15) is 40.9 Å². The van der Waals surface area contributed by atoms with E-state index in [1.165, 1.54) is 10.9 Å². The van der Waals surface area contributed by atoms with E-state index in [1.54, 1.807) is 31.3 Å². The lowest BCUT2D eigenvalue weighted by Crippen LogP contribution is -2.30. The van der Waals surface area contributed by atoms with Gasteiger partial charge in [-0.05, 0) is 54.8 Å². The van der Waals surface area contributed by atoms with Crippen molar-refractivity contribution in [3.05, 3.63) is 64.7 Å². The Morgan fingerprint density at radius 3 is 2.55 bits per heavy atom. The highest BCUT2D eigenvalue weighted by Gasteiger charge is 2.30. The third-order valence-electron chi connectivity index (χ3n) is 4.19. The van der Waals surface area contributed by atoms with Gasteiger partial charge < -0.3 is 5.32 Å². The molecule has 0 saturated carbocycles. The molecule has 3 aromatic rings. The predicted octanol–water partition coefficient (Wildman–Crippen LogP) is 3.62. The second kappa shape index (κ2) is 8.02. The van der Waals surface area contributed by atoms with E-state index < -0.39 is 11.7 Å². The van der Waals surface area contributed by atoms with Crippen LogP contribution in [0.4, 0.5) is 13.2 Å². The molecule has 152 valence electrons. The smallest absolute Gasteiger partial charge is 0.350 e. The van der Waals surface area contributed by atoms with Gasteiger partial charge in [-0.3, -0.25) is 4.79 Å². The zero-order valence-electron chi connectivity index (χ0n) is 16.2. The molecule has 0 fully saturated rings. The van der Waals surface area contributed by atoms with Crippen LogP contribution in [-0.4, -0.2) is 32.2 Å². The van der Waals surface area contributed by atoms with Crippen LogP contribution in [-0.2, 0) is 19.6 Å². The molecular weight excluding hydrogens is 383 g/mol. The number of aryl methyl sites for hydroxylation is 1. The number of carbonyl (C=O) groups is 1. The lowest BCUT2D eigenvalue weighted by molar-refractivity contribution is -0.137. The van der Waals surface area contributed by atoms with E-state index in [4.69, 9.17) is 0 Å². The van der Waals surface area contributed by atoms with Gasteiger partial charge in [0.05, 0.1) is 12.6 Å². The number of tetrazole rings is 1. The Kier molecular flexibility index (Phi) is 5.67. The largest absolute Gasteiger partial charge is 0.416 e. The van der Waals surface area contributed by atoms with Crippen molar-refractivity contribution in [1.82, 2.24) is 25.5 Å². The van der Waals surface area contributed by atoms with Crippen LogP contribution in [0.15, 0.2) is 42.5 Å². The summed E-state index contributed by atoms with van der Waals surface area (Å²) >= 11 is 0. The number of hydrogen-bond donors (Lipinski definition) is 1. The molecule has 1 N–H and O–H groups in total. The number of halogens is 3. The van der Waals surface area contributed by atoms with Crippen LogP contribution < -0.4 is 5.32 Å². The first-order chi connectivity index (χ1) is 13.6. The second-order valence-electron chi connectivity index (χ2n) is 6.98. The molecule has 0 bridgehead atoms. The van der Waals surface area contributed by atoms with Gasteiger partial charge in [-0.15, -0.1) is 10.2 Å². The fourth-order valence-corrected chi connectivity index (χ4v) is 2.89. The molecule has 3 rings (SSSR count). The SMILES string of the molecule is CC(C)NC(=O)c1ccc(Cc2cccc(C(F)(F)F)c2)c(-c2nnn(C)n2)c1. The third-order valence-corrected chi connectivity index (χ3v) is 4.19. The highest BCUT2D eigenvalue weighted by molar-refractivity contribution is 5.95. The molecule has 6 nitrogen and oxygen atoms in total. The van der Waals surface area contributed by atoms with E-state index in [0.29, 0.717) is 28.1 Å². The Hall–Kier alpha value is -3.23. The average Bonchev–Trinajstić information content (AvgIpc) is 3.07. The van der Waals surface area contributed by atoms with Gasteiger partial charge in [0.2, 0.25) is 5.82 Å². The Morgan fingerprint density at radius 2 is 1.93 bits per heavy atom. The Bertz CT molecular complexity index is 1030. The zero-order valence-corrected chi connectivity index (χ0v) is 16.2. The summed E-state index contributed by atoms with van der Waals surface area (Å²) < 4.78 is 39.1. The summed E-state index contributed by atoms with van der Waals surface area (Å²) in [6.45, 7) is 3.70. The van der Waals surface area contributed by atoms with Crippen molar-refractivity contribution in [2.75, 3.05) is 0 Å². The maximum absolute atomic E-state index is 13.0. The maximum atomic E-state index is 13.0. The van der Waals surface area contributed by atoms with E-state index in [0.717, 1.165) is 12.1 Å². The van der Waals surface area contributed by atoms with Gasteiger partial charge in [0, 0.05) is 17.2 Å². The third kappa shape index (κ3) is 4.98. The highest BCUT2D eigenvalue weighted by atomic mass is 19.4. The van der Waals surface area contributed by atoms with Gasteiger partial charge in [-0.1, -0.05) is 24.3 Å². The summed E-state index contributed by atoms with van der Waals surface area (Å²) in [5.74, 6) is 0.0458. The Morgan fingerprint density at radius 1 is 1.17 bits per heavy atom. The van der Waals surface area contributed by atoms with E-state index >= 15 is 0 Å². The van der Waals surface area contributed by atoms with Crippen molar-refractivity contribution < 1.29 is 18.0 Å². The molecule has 0 radical (unpaired) electrons. The van der Waals surface area contributed by atoms with Gasteiger partial charge in [-0.2, -0.15) is 18.0 Å². The number of amides is 1. The van der Waals surface area contributed by atoms with Crippen LogP contribution in [0.3, 0.4) is 0 Å². The molecule has 0 unspecified atom stereocenters. The topological polar surface area (TPSA) is 72.7 Å². The van der Waals surface area contributed by atoms with Crippen LogP contribution in [0.5, 0.6) is 0 Å². The molecule has 1 heterocycles. The molecule has 0 aliphatic carbocycles. The summed E-state index contributed by atoms with van der Waals surface area (Å²) in [5, 5.41) is 14.8. The predicted molar refractivity (Wildman–Crippen MR) is 101 cm³/mol. The zero-order chi connectivity index (χ0) is 21.2. The van der Waals surface area contributed by atoms with Crippen LogP contribution in [0, 0.1) is 0 Å². The number of alkyl halides is 3. The summed E-state index contributed by atoms with van der Waals surface area (Å²) in [4.78, 5) is 13.7. The van der Waals surface area contributed by atoms with Gasteiger partial charge in [0.15, 0.2) is 0 Å². The Balaban J connectivity index is 2.01. The number of nitrogens with zero attached hydrogens (tertiary/aromatic N) is 4. The number of nitrogens with one attached hydrogen (secondary N) is 1. The van der Waals surface area contributed by atoms with Gasteiger partial charge in [0.25, 0.3) is 5.91 Å². The molecule has 1 amide bonds. The number of carbonyl (C=O) groups excluding carboxylic acids is 1. The fraction of sp³-hybridized carbons (Fsp3) is 0.300. The standard InChI is InChI=1S/C20H20F3N5O/c1-12(2)24-19(29)15-8-7-14(17(11-15)18-25-27-28(3)26-18)9-13-5-4-6-16(10-13)20(21,22)23/h4-8,10-12H,9H2,1-3H3,(H,24,29). The first-order valence-electron chi connectivity index (χ1n) is 8.98. The van der Waals surface area contributed by atoms with Crippen molar-refractivity contribution in [3.63, 3.8) is 0 Å². The molecule has 0 aliphatic rings. The number of benzene rings is 2. The van der Waals surface area contributed by atoms with E-state index in [2.05, 4.69) is 20.7 Å². The number of rotatable bonds is 5. The van der Waals surface area contributed by atoms with Gasteiger partial charge in [0.1, 0.15) is 0 Å². The summed E-state index contributed by atoms with van der Waals surface area (Å²) in [5.41, 5.74) is 1.44. The van der Waals surface area contributed by atoms with Crippen molar-refractivity contribution >= 4 is 5.91 Å². The molecule has 0 atom stereocenters. The molecular formula is C20H20F3N5O. The second-order valence-corrected chi connectivity index (χ2v) is 6.98. The monoisotopic (exact) mass is 403 g/mol. The first-order valence-corrected chi connectivity index (χ1v) is 8.98. The van der Waals surface area contributed by atoms with Crippen LogP contribution in [0.2, 0.25) is 0 Å². The molecule has 0 saturated heterocycles. The molecule has 29 heavy (non-hydrogen) atoms. The van der Waals surface area contributed by atoms with Crippen LogP contribution >= 0.6 is 0 Å². The fourth-order valence-electron chi connectivity index (χ4n) is 2.89. The van der Waals surface area contributed by atoms with Crippen molar-refractivity contribution in [2.45, 2.75) is 32.5 Å². The van der Waals surface area contributed by atoms with E-state index in [1.807, 2.05) is 13.8 Å². The van der Waals surface area contributed by atoms with Crippen molar-refractivity contribution in [3.8, 4) is 11.4 Å². The molecule has 1 aromatic heterocycles. The molecule has 2 aromatic carbocycles. The maximum Gasteiger partial charge on any atom is 0.416 e. The highest BCUT2D eigenvalue weighted by Crippen LogP contribution is 2.31. The molecule has 0 aliphatic heterocycles. The molecule has 0 spiro atoms. The minimum Gasteiger partial charge on any atom is -0.350 e. The van der Waals surface area contributed by atoms with Crippen molar-refractivity contribution in [2.24, 2.45) is 7.05 Å². The average molecular weight is 403 g/mol. The Labute approximate surface area is 165 Å². The lowest BCUT2D eigenvalue weighted by atomic mass is 9.96. The quantitative estimate of drug-likeness (QED) is 0.706. The summed E-state index contributed by atoms with van der Waals surface area (Å²) in [6, 6.07) is 10.1. The normalized spacial score (nSPS) is 11.7. The first kappa shape index (κ1) is 20.5. The lowest BCUT2D eigenvalue weighted by Gasteiger charge is -2.13. The number of aromatic nitrogens is 4. The minimum atomic E-state index is -4.41. The van der Waals surface area contributed by atoms with Gasteiger partial charge in [-0.25, -0.2) is 0 Å². The van der Waals surface area contributed by atoms with Crippen LogP contribution in [0.25, 0.3) is 11.4 Å². The minimum absolute atomic E-state index is 0.0367.